The number of furan rings is 1. The molecule has 1 atom stereocenters. The number of piperidine rings is 1. The fraction of sp³-hybridized carbons (Fsp3) is 0.583. The molecule has 2 rings (SSSR count). The van der Waals surface area contributed by atoms with Crippen molar-refractivity contribution < 1.29 is 9.21 Å². The smallest absolute Gasteiger partial charge is 0.290 e. The quantitative estimate of drug-likeness (QED) is 0.709. The Hall–Kier alpha value is -1.25. The molecule has 0 spiro atoms. The molecule has 1 aliphatic rings. The number of hydrogen-bond acceptors (Lipinski definition) is 2. The molecule has 1 amide bonds. The molecule has 3 heteroatoms. The maximum Gasteiger partial charge on any atom is 0.290 e. The van der Waals surface area contributed by atoms with Crippen LogP contribution in [0.25, 0.3) is 0 Å². The monoisotopic (exact) mass is 207 g/mol. The predicted octanol–water partition coefficient (Wildman–Crippen LogP) is 2.60. The summed E-state index contributed by atoms with van der Waals surface area (Å²) in [4.78, 5) is 14.1. The highest BCUT2D eigenvalue weighted by Gasteiger charge is 2.26. The molecule has 0 N–H and O–H groups in total. The number of aryl methyl sites for hydroxylation is 1. The Balaban J connectivity index is 2.17. The highest BCUT2D eigenvalue weighted by atomic mass is 16.3. The third-order valence-electron chi connectivity index (χ3n) is 3.12. The summed E-state index contributed by atoms with van der Waals surface area (Å²) in [5.41, 5.74) is 0.928. The van der Waals surface area contributed by atoms with E-state index in [9.17, 15) is 4.79 Å². The van der Waals surface area contributed by atoms with Crippen molar-refractivity contribution in [3.05, 3.63) is 23.7 Å². The zero-order valence-electron chi connectivity index (χ0n) is 9.32. The van der Waals surface area contributed by atoms with Crippen molar-refractivity contribution in [2.45, 2.75) is 39.2 Å². The van der Waals surface area contributed by atoms with Crippen molar-refractivity contribution in [3.63, 3.8) is 0 Å². The van der Waals surface area contributed by atoms with E-state index in [2.05, 4.69) is 6.92 Å². The summed E-state index contributed by atoms with van der Waals surface area (Å²) < 4.78 is 5.24. The van der Waals surface area contributed by atoms with Gasteiger partial charge in [0.05, 0.1) is 6.26 Å². The first-order valence-corrected chi connectivity index (χ1v) is 5.55. The molecule has 0 aliphatic carbocycles. The summed E-state index contributed by atoms with van der Waals surface area (Å²) in [5, 5.41) is 0. The molecule has 1 unspecified atom stereocenters. The standard InChI is InChI=1S/C12H17NO2/c1-9-6-8-15-11(9)12(14)13-7-4-3-5-10(13)2/h6,8,10H,3-5,7H2,1-2H3. The third-order valence-corrected chi connectivity index (χ3v) is 3.12. The van der Waals surface area contributed by atoms with Gasteiger partial charge < -0.3 is 9.32 Å². The van der Waals surface area contributed by atoms with Crippen LogP contribution in [0.4, 0.5) is 0 Å². The first-order valence-electron chi connectivity index (χ1n) is 5.55. The fourth-order valence-electron chi connectivity index (χ4n) is 2.12. The number of hydrogen-bond donors (Lipinski definition) is 0. The molecule has 1 aromatic heterocycles. The third kappa shape index (κ3) is 1.91. The SMILES string of the molecule is Cc1ccoc1C(=O)N1CCCCC1C. The van der Waals surface area contributed by atoms with Crippen LogP contribution < -0.4 is 0 Å². The van der Waals surface area contributed by atoms with Crippen LogP contribution >= 0.6 is 0 Å². The van der Waals surface area contributed by atoms with E-state index in [0.717, 1.165) is 24.9 Å². The van der Waals surface area contributed by atoms with Gasteiger partial charge in [0, 0.05) is 18.2 Å². The lowest BCUT2D eigenvalue weighted by molar-refractivity contribution is 0.0602. The number of rotatable bonds is 1. The van der Waals surface area contributed by atoms with Gasteiger partial charge in [-0.3, -0.25) is 4.79 Å². The number of nitrogens with zero attached hydrogens (tertiary/aromatic N) is 1. The second-order valence-corrected chi connectivity index (χ2v) is 4.28. The Labute approximate surface area is 90.1 Å². The number of amides is 1. The second kappa shape index (κ2) is 4.09. The van der Waals surface area contributed by atoms with E-state index in [1.54, 1.807) is 6.26 Å². The Morgan fingerprint density at radius 3 is 2.93 bits per heavy atom. The molecule has 0 radical (unpaired) electrons. The van der Waals surface area contributed by atoms with Crippen LogP contribution in [0, 0.1) is 6.92 Å². The lowest BCUT2D eigenvalue weighted by Gasteiger charge is -2.32. The van der Waals surface area contributed by atoms with Crippen molar-refractivity contribution in [1.29, 1.82) is 0 Å². The number of carbonyl (C=O) groups excluding carboxylic acids is 1. The van der Waals surface area contributed by atoms with Crippen molar-refractivity contribution >= 4 is 5.91 Å². The average Bonchev–Trinajstić information content (AvgIpc) is 2.64. The predicted molar refractivity (Wildman–Crippen MR) is 57.8 cm³/mol. The van der Waals surface area contributed by atoms with E-state index in [-0.39, 0.29) is 5.91 Å². The normalized spacial score (nSPS) is 21.7. The lowest BCUT2D eigenvalue weighted by Crippen LogP contribution is -2.42. The molecule has 0 aromatic carbocycles. The van der Waals surface area contributed by atoms with Gasteiger partial charge in [0.15, 0.2) is 5.76 Å². The molecule has 1 aromatic rings. The van der Waals surface area contributed by atoms with Gasteiger partial charge in [-0.2, -0.15) is 0 Å². The number of likely N-dealkylation sites (tertiary alicyclic amines) is 1. The Kier molecular flexibility index (Phi) is 2.80. The molecule has 15 heavy (non-hydrogen) atoms. The first kappa shape index (κ1) is 10.3. The van der Waals surface area contributed by atoms with Gasteiger partial charge in [-0.1, -0.05) is 0 Å². The summed E-state index contributed by atoms with van der Waals surface area (Å²) in [5.74, 6) is 0.549. The molecule has 1 aliphatic heterocycles. The Morgan fingerprint density at radius 2 is 2.33 bits per heavy atom. The molecule has 2 heterocycles. The average molecular weight is 207 g/mol. The van der Waals surface area contributed by atoms with E-state index in [1.807, 2.05) is 17.9 Å². The van der Waals surface area contributed by atoms with E-state index in [4.69, 9.17) is 4.42 Å². The minimum atomic E-state index is 0.0460. The highest BCUT2D eigenvalue weighted by Crippen LogP contribution is 2.20. The molecule has 82 valence electrons. The zero-order valence-corrected chi connectivity index (χ0v) is 9.32. The van der Waals surface area contributed by atoms with Gasteiger partial charge in [0.2, 0.25) is 0 Å². The summed E-state index contributed by atoms with van der Waals surface area (Å²) in [6.07, 6.45) is 5.01. The van der Waals surface area contributed by atoms with Crippen LogP contribution in [0.5, 0.6) is 0 Å². The van der Waals surface area contributed by atoms with E-state index >= 15 is 0 Å². The van der Waals surface area contributed by atoms with Crippen LogP contribution in [0.1, 0.15) is 42.3 Å². The molecule has 1 saturated heterocycles. The Bertz CT molecular complexity index is 356. The van der Waals surface area contributed by atoms with Crippen molar-refractivity contribution in [2.75, 3.05) is 6.54 Å². The molecule has 3 nitrogen and oxygen atoms in total. The summed E-state index contributed by atoms with van der Waals surface area (Å²) >= 11 is 0. The van der Waals surface area contributed by atoms with Crippen molar-refractivity contribution in [2.24, 2.45) is 0 Å². The van der Waals surface area contributed by atoms with Gasteiger partial charge in [-0.05, 0) is 39.2 Å². The van der Waals surface area contributed by atoms with Gasteiger partial charge >= 0.3 is 0 Å². The van der Waals surface area contributed by atoms with Crippen LogP contribution in [-0.2, 0) is 0 Å². The fourth-order valence-corrected chi connectivity index (χ4v) is 2.12. The zero-order chi connectivity index (χ0) is 10.8. The van der Waals surface area contributed by atoms with Gasteiger partial charge in [0.25, 0.3) is 5.91 Å². The molecule has 1 fully saturated rings. The number of carbonyl (C=O) groups is 1. The maximum absolute atomic E-state index is 12.1. The minimum Gasteiger partial charge on any atom is -0.459 e. The Morgan fingerprint density at radius 1 is 1.53 bits per heavy atom. The summed E-state index contributed by atoms with van der Waals surface area (Å²) in [6, 6.07) is 2.18. The van der Waals surface area contributed by atoms with Gasteiger partial charge in [0.1, 0.15) is 0 Å². The van der Waals surface area contributed by atoms with Crippen LogP contribution in [-0.4, -0.2) is 23.4 Å². The van der Waals surface area contributed by atoms with E-state index < -0.39 is 0 Å². The van der Waals surface area contributed by atoms with Crippen LogP contribution in [0.3, 0.4) is 0 Å². The first-order chi connectivity index (χ1) is 7.20. The lowest BCUT2D eigenvalue weighted by atomic mass is 10.0. The largest absolute Gasteiger partial charge is 0.459 e. The van der Waals surface area contributed by atoms with Gasteiger partial charge in [-0.15, -0.1) is 0 Å². The summed E-state index contributed by atoms with van der Waals surface area (Å²) in [6.45, 7) is 4.88. The van der Waals surface area contributed by atoms with Crippen LogP contribution in [0.2, 0.25) is 0 Å². The minimum absolute atomic E-state index is 0.0460. The van der Waals surface area contributed by atoms with Crippen molar-refractivity contribution in [3.8, 4) is 0 Å². The molecular formula is C12H17NO2. The highest BCUT2D eigenvalue weighted by molar-refractivity contribution is 5.93. The van der Waals surface area contributed by atoms with E-state index in [1.165, 1.54) is 6.42 Å². The molecular weight excluding hydrogens is 190 g/mol. The topological polar surface area (TPSA) is 33.5 Å². The molecule has 0 bridgehead atoms. The molecule has 0 saturated carbocycles. The van der Waals surface area contributed by atoms with Crippen LogP contribution in [0.15, 0.2) is 16.7 Å². The second-order valence-electron chi connectivity index (χ2n) is 4.28. The maximum atomic E-state index is 12.1. The van der Waals surface area contributed by atoms with Gasteiger partial charge in [-0.25, -0.2) is 0 Å². The summed E-state index contributed by atoms with van der Waals surface area (Å²) in [7, 11) is 0. The van der Waals surface area contributed by atoms with E-state index in [0.29, 0.717) is 11.8 Å². The van der Waals surface area contributed by atoms with Crippen molar-refractivity contribution in [1.82, 2.24) is 4.90 Å².